The molecule has 1 heterocycles. The van der Waals surface area contributed by atoms with E-state index in [1.54, 1.807) is 4.90 Å². The van der Waals surface area contributed by atoms with Gasteiger partial charge in [-0.15, -0.1) is 0 Å². The number of morpholine rings is 1. The number of aliphatic hydroxyl groups excluding tert-OH is 1. The maximum Gasteiger partial charge on any atom is 0.223 e. The number of hydrogen-bond donors (Lipinski definition) is 2. The lowest BCUT2D eigenvalue weighted by molar-refractivity contribution is -0.141. The van der Waals surface area contributed by atoms with Crippen LogP contribution in [0.25, 0.3) is 0 Å². The Kier molecular flexibility index (Phi) is 5.01. The number of carbonyl (C=O) groups excluding carboxylic acids is 1. The van der Waals surface area contributed by atoms with Crippen molar-refractivity contribution in [3.63, 3.8) is 0 Å². The fraction of sp³-hybridized carbons (Fsp3) is 0.900. The van der Waals surface area contributed by atoms with Crippen LogP contribution >= 0.6 is 0 Å². The zero-order valence-electron chi connectivity index (χ0n) is 9.19. The Morgan fingerprint density at radius 1 is 1.73 bits per heavy atom. The SMILES string of the molecule is CC(N)CCC(=O)N1CCOCC1CO. The fourth-order valence-electron chi connectivity index (χ4n) is 1.63. The predicted molar refractivity (Wildman–Crippen MR) is 56.3 cm³/mol. The van der Waals surface area contributed by atoms with Gasteiger partial charge in [-0.2, -0.15) is 0 Å². The van der Waals surface area contributed by atoms with Gasteiger partial charge in [0.05, 0.1) is 25.9 Å². The second-order valence-corrected chi connectivity index (χ2v) is 4.01. The normalized spacial score (nSPS) is 23.9. The number of nitrogens with zero attached hydrogens (tertiary/aromatic N) is 1. The Hall–Kier alpha value is -0.650. The van der Waals surface area contributed by atoms with Crippen LogP contribution in [0.3, 0.4) is 0 Å². The molecule has 0 spiro atoms. The van der Waals surface area contributed by atoms with Crippen LogP contribution in [-0.4, -0.2) is 54.4 Å². The zero-order chi connectivity index (χ0) is 11.3. The van der Waals surface area contributed by atoms with E-state index in [1.807, 2.05) is 6.92 Å². The van der Waals surface area contributed by atoms with E-state index in [0.29, 0.717) is 32.6 Å². The molecule has 1 rings (SSSR count). The highest BCUT2D eigenvalue weighted by Gasteiger charge is 2.26. The molecule has 0 bridgehead atoms. The Morgan fingerprint density at radius 2 is 2.47 bits per heavy atom. The molecule has 0 aliphatic carbocycles. The monoisotopic (exact) mass is 216 g/mol. The van der Waals surface area contributed by atoms with Gasteiger partial charge in [-0.25, -0.2) is 0 Å². The first-order valence-corrected chi connectivity index (χ1v) is 5.38. The molecule has 1 saturated heterocycles. The van der Waals surface area contributed by atoms with Crippen molar-refractivity contribution >= 4 is 5.91 Å². The molecule has 88 valence electrons. The lowest BCUT2D eigenvalue weighted by Gasteiger charge is -2.34. The first kappa shape index (κ1) is 12.4. The molecule has 3 N–H and O–H groups in total. The van der Waals surface area contributed by atoms with Crippen molar-refractivity contribution in [2.24, 2.45) is 5.73 Å². The van der Waals surface area contributed by atoms with E-state index < -0.39 is 0 Å². The van der Waals surface area contributed by atoms with Gasteiger partial charge in [0.1, 0.15) is 0 Å². The van der Waals surface area contributed by atoms with Crippen molar-refractivity contribution in [2.45, 2.75) is 31.8 Å². The average Bonchev–Trinajstić information content (AvgIpc) is 2.25. The summed E-state index contributed by atoms with van der Waals surface area (Å²) in [6.07, 6.45) is 1.14. The standard InChI is InChI=1S/C10H20N2O3/c1-8(11)2-3-10(14)12-4-5-15-7-9(12)6-13/h8-9,13H,2-7,11H2,1H3. The topological polar surface area (TPSA) is 75.8 Å². The number of hydrogen-bond acceptors (Lipinski definition) is 4. The summed E-state index contributed by atoms with van der Waals surface area (Å²) in [5.74, 6) is 0.0645. The van der Waals surface area contributed by atoms with Gasteiger partial charge in [-0.05, 0) is 13.3 Å². The highest BCUT2D eigenvalue weighted by molar-refractivity contribution is 5.76. The number of carbonyl (C=O) groups is 1. The molecule has 1 aliphatic rings. The Labute approximate surface area is 90.2 Å². The molecular formula is C10H20N2O3. The number of nitrogens with two attached hydrogens (primary N) is 1. The minimum absolute atomic E-state index is 0.0378. The van der Waals surface area contributed by atoms with Crippen LogP contribution < -0.4 is 5.73 Å². The van der Waals surface area contributed by atoms with Crippen LogP contribution in [-0.2, 0) is 9.53 Å². The lowest BCUT2D eigenvalue weighted by Crippen LogP contribution is -2.50. The van der Waals surface area contributed by atoms with Gasteiger partial charge in [0, 0.05) is 19.0 Å². The van der Waals surface area contributed by atoms with Crippen LogP contribution in [0.15, 0.2) is 0 Å². The molecule has 5 heteroatoms. The second-order valence-electron chi connectivity index (χ2n) is 4.01. The van der Waals surface area contributed by atoms with E-state index in [2.05, 4.69) is 0 Å². The van der Waals surface area contributed by atoms with Crippen LogP contribution in [0.1, 0.15) is 19.8 Å². The highest BCUT2D eigenvalue weighted by Crippen LogP contribution is 2.09. The summed E-state index contributed by atoms with van der Waals surface area (Å²) >= 11 is 0. The third-order valence-corrected chi connectivity index (χ3v) is 2.57. The summed E-state index contributed by atoms with van der Waals surface area (Å²) in [7, 11) is 0. The zero-order valence-corrected chi connectivity index (χ0v) is 9.19. The second kappa shape index (κ2) is 6.05. The van der Waals surface area contributed by atoms with Crippen LogP contribution in [0.5, 0.6) is 0 Å². The van der Waals surface area contributed by atoms with Gasteiger partial charge in [0.25, 0.3) is 0 Å². The minimum atomic E-state index is -0.181. The molecule has 2 unspecified atom stereocenters. The van der Waals surface area contributed by atoms with E-state index in [9.17, 15) is 4.79 Å². The maximum atomic E-state index is 11.8. The van der Waals surface area contributed by atoms with Crippen molar-refractivity contribution in [3.05, 3.63) is 0 Å². The van der Waals surface area contributed by atoms with Gasteiger partial charge in [-0.3, -0.25) is 4.79 Å². The molecular weight excluding hydrogens is 196 g/mol. The summed E-state index contributed by atoms with van der Waals surface area (Å²) < 4.78 is 5.20. The summed E-state index contributed by atoms with van der Waals surface area (Å²) in [6, 6.07) is -0.137. The van der Waals surface area contributed by atoms with Crippen LogP contribution in [0.2, 0.25) is 0 Å². The number of aliphatic hydroxyl groups is 1. The van der Waals surface area contributed by atoms with Crippen LogP contribution in [0.4, 0.5) is 0 Å². The molecule has 0 aromatic rings. The maximum absolute atomic E-state index is 11.8. The molecule has 5 nitrogen and oxygen atoms in total. The molecule has 0 aromatic heterocycles. The van der Waals surface area contributed by atoms with E-state index in [-0.39, 0.29) is 24.6 Å². The van der Waals surface area contributed by atoms with Crippen molar-refractivity contribution in [2.75, 3.05) is 26.4 Å². The van der Waals surface area contributed by atoms with E-state index in [0.717, 1.165) is 0 Å². The first-order chi connectivity index (χ1) is 7.15. The molecule has 1 aliphatic heterocycles. The molecule has 0 saturated carbocycles. The van der Waals surface area contributed by atoms with Gasteiger partial charge in [-0.1, -0.05) is 0 Å². The van der Waals surface area contributed by atoms with Crippen LogP contribution in [0, 0.1) is 0 Å². The third-order valence-electron chi connectivity index (χ3n) is 2.57. The third kappa shape index (κ3) is 3.77. The molecule has 2 atom stereocenters. The molecule has 1 amide bonds. The van der Waals surface area contributed by atoms with Gasteiger partial charge in [0.15, 0.2) is 0 Å². The quantitative estimate of drug-likeness (QED) is 0.653. The van der Waals surface area contributed by atoms with Crippen molar-refractivity contribution < 1.29 is 14.6 Å². The average molecular weight is 216 g/mol. The van der Waals surface area contributed by atoms with Crippen molar-refractivity contribution in [3.8, 4) is 0 Å². The van der Waals surface area contributed by atoms with E-state index >= 15 is 0 Å². The van der Waals surface area contributed by atoms with Crippen molar-refractivity contribution in [1.29, 1.82) is 0 Å². The molecule has 15 heavy (non-hydrogen) atoms. The van der Waals surface area contributed by atoms with Crippen molar-refractivity contribution in [1.82, 2.24) is 4.90 Å². The number of ether oxygens (including phenoxy) is 1. The largest absolute Gasteiger partial charge is 0.394 e. The minimum Gasteiger partial charge on any atom is -0.394 e. The summed E-state index contributed by atoms with van der Waals surface area (Å²) in [5, 5.41) is 9.09. The Bertz CT molecular complexity index is 209. The fourth-order valence-corrected chi connectivity index (χ4v) is 1.63. The molecule has 0 aromatic carbocycles. The first-order valence-electron chi connectivity index (χ1n) is 5.38. The van der Waals surface area contributed by atoms with E-state index in [4.69, 9.17) is 15.6 Å². The summed E-state index contributed by atoms with van der Waals surface area (Å²) in [6.45, 7) is 3.41. The Balaban J connectivity index is 2.41. The van der Waals surface area contributed by atoms with Gasteiger partial charge < -0.3 is 20.5 Å². The highest BCUT2D eigenvalue weighted by atomic mass is 16.5. The lowest BCUT2D eigenvalue weighted by atomic mass is 10.1. The smallest absolute Gasteiger partial charge is 0.223 e. The predicted octanol–water partition coefficient (Wildman–Crippen LogP) is -0.666. The molecule has 0 radical (unpaired) electrons. The Morgan fingerprint density at radius 3 is 3.07 bits per heavy atom. The van der Waals surface area contributed by atoms with Gasteiger partial charge >= 0.3 is 0 Å². The molecule has 1 fully saturated rings. The number of amides is 1. The summed E-state index contributed by atoms with van der Waals surface area (Å²) in [5.41, 5.74) is 5.59. The van der Waals surface area contributed by atoms with Gasteiger partial charge in [0.2, 0.25) is 5.91 Å². The number of rotatable bonds is 4. The summed E-state index contributed by atoms with van der Waals surface area (Å²) in [4.78, 5) is 13.5. The van der Waals surface area contributed by atoms with E-state index in [1.165, 1.54) is 0 Å².